The van der Waals surface area contributed by atoms with Gasteiger partial charge in [0.2, 0.25) is 0 Å². The number of hydrogen-bond acceptors (Lipinski definition) is 6. The Kier molecular flexibility index (Phi) is 5.04. The van der Waals surface area contributed by atoms with Gasteiger partial charge in [0.05, 0.1) is 0 Å². The van der Waals surface area contributed by atoms with Gasteiger partial charge in [-0.1, -0.05) is 25.6 Å². The van der Waals surface area contributed by atoms with E-state index in [1.807, 2.05) is 13.8 Å². The van der Waals surface area contributed by atoms with Gasteiger partial charge < -0.3 is 5.11 Å². The molecule has 1 aromatic heterocycles. The first-order chi connectivity index (χ1) is 9.43. The molecule has 1 aromatic rings. The summed E-state index contributed by atoms with van der Waals surface area (Å²) in [6, 6.07) is 0.376. The molecule has 5 nitrogen and oxygen atoms in total. The molecule has 7 heteroatoms. The smallest absolute Gasteiger partial charge is 0.323 e. The maximum atomic E-state index is 11.5. The molecule has 1 aliphatic carbocycles. The van der Waals surface area contributed by atoms with E-state index >= 15 is 0 Å². The topological polar surface area (TPSA) is 75.1 Å². The molecule has 20 heavy (non-hydrogen) atoms. The Hall–Kier alpha value is -0.660. The average molecular weight is 315 g/mol. The molecule has 0 amide bonds. The molecule has 2 atom stereocenters. The lowest BCUT2D eigenvalue weighted by Gasteiger charge is -2.28. The third kappa shape index (κ3) is 4.17. The number of rotatable bonds is 8. The van der Waals surface area contributed by atoms with Gasteiger partial charge in [-0.3, -0.25) is 10.1 Å². The van der Waals surface area contributed by atoms with Gasteiger partial charge in [0, 0.05) is 17.7 Å². The van der Waals surface area contributed by atoms with Gasteiger partial charge in [-0.2, -0.15) is 4.37 Å². The Labute approximate surface area is 127 Å². The number of carboxylic acids is 1. The number of thioether (sulfide) groups is 1. The minimum Gasteiger partial charge on any atom is -0.480 e. The van der Waals surface area contributed by atoms with Crippen molar-refractivity contribution < 1.29 is 9.90 Å². The van der Waals surface area contributed by atoms with E-state index in [-0.39, 0.29) is 5.25 Å². The lowest BCUT2D eigenvalue weighted by molar-refractivity contribution is -0.144. The Morgan fingerprint density at radius 1 is 1.65 bits per heavy atom. The summed E-state index contributed by atoms with van der Waals surface area (Å²) < 4.78 is 5.18. The summed E-state index contributed by atoms with van der Waals surface area (Å²) in [5.74, 6) is 0.0881. The van der Waals surface area contributed by atoms with Gasteiger partial charge in [-0.05, 0) is 37.7 Å². The fraction of sp³-hybridized carbons (Fsp3) is 0.769. The minimum absolute atomic E-state index is 0.181. The van der Waals surface area contributed by atoms with Crippen LogP contribution in [0.5, 0.6) is 0 Å². The van der Waals surface area contributed by atoms with E-state index in [2.05, 4.69) is 14.7 Å². The molecule has 2 unspecified atom stereocenters. The molecule has 0 aromatic carbocycles. The monoisotopic (exact) mass is 315 g/mol. The van der Waals surface area contributed by atoms with E-state index in [9.17, 15) is 9.90 Å². The van der Waals surface area contributed by atoms with Crippen molar-refractivity contribution in [2.24, 2.45) is 0 Å². The number of aryl methyl sites for hydroxylation is 1. The van der Waals surface area contributed by atoms with Crippen LogP contribution in [0.1, 0.15) is 45.9 Å². The van der Waals surface area contributed by atoms with Crippen molar-refractivity contribution in [2.75, 3.05) is 0 Å². The molecule has 0 aliphatic heterocycles. The Morgan fingerprint density at radius 2 is 2.35 bits per heavy atom. The molecule has 0 radical (unpaired) electrons. The fourth-order valence-corrected chi connectivity index (χ4v) is 4.30. The minimum atomic E-state index is -0.855. The Morgan fingerprint density at radius 3 is 2.85 bits per heavy atom. The van der Waals surface area contributed by atoms with Crippen molar-refractivity contribution in [3.63, 3.8) is 0 Å². The van der Waals surface area contributed by atoms with E-state index in [0.717, 1.165) is 29.4 Å². The molecule has 0 bridgehead atoms. The van der Waals surface area contributed by atoms with E-state index in [1.54, 1.807) is 18.7 Å². The zero-order valence-electron chi connectivity index (χ0n) is 12.0. The first kappa shape index (κ1) is 15.7. The average Bonchev–Trinajstić information content (AvgIpc) is 3.05. The number of carboxylic acid groups (broad SMARTS) is 1. The molecule has 1 fully saturated rings. The van der Waals surface area contributed by atoms with Crippen molar-refractivity contribution >= 4 is 29.3 Å². The van der Waals surface area contributed by atoms with Crippen LogP contribution in [0.4, 0.5) is 0 Å². The van der Waals surface area contributed by atoms with Crippen LogP contribution in [0.25, 0.3) is 0 Å². The third-order valence-electron chi connectivity index (χ3n) is 3.34. The van der Waals surface area contributed by atoms with Gasteiger partial charge in [-0.15, -0.1) is 0 Å². The summed E-state index contributed by atoms with van der Waals surface area (Å²) in [7, 11) is 0. The summed E-state index contributed by atoms with van der Waals surface area (Å²) in [5, 5.41) is 12.9. The van der Waals surface area contributed by atoms with Crippen molar-refractivity contribution in [3.05, 3.63) is 5.82 Å². The highest BCUT2D eigenvalue weighted by atomic mass is 32.2. The van der Waals surface area contributed by atoms with Crippen LogP contribution in [0.15, 0.2) is 4.34 Å². The summed E-state index contributed by atoms with van der Waals surface area (Å²) in [5.41, 5.74) is -0.855. The highest BCUT2D eigenvalue weighted by Crippen LogP contribution is 2.32. The highest BCUT2D eigenvalue weighted by molar-refractivity contribution is 8.01. The molecule has 1 saturated carbocycles. The van der Waals surface area contributed by atoms with Crippen LogP contribution in [0.2, 0.25) is 0 Å². The summed E-state index contributed by atoms with van der Waals surface area (Å²) >= 11 is 3.01. The molecular weight excluding hydrogens is 294 g/mol. The number of nitrogens with one attached hydrogen (secondary N) is 1. The summed E-state index contributed by atoms with van der Waals surface area (Å²) in [6.07, 6.45) is 3.58. The second-order valence-electron chi connectivity index (χ2n) is 5.52. The van der Waals surface area contributed by atoms with Crippen LogP contribution < -0.4 is 5.32 Å². The largest absolute Gasteiger partial charge is 0.480 e. The number of hydrogen-bond donors (Lipinski definition) is 2. The highest BCUT2D eigenvalue weighted by Gasteiger charge is 2.39. The number of aromatic nitrogens is 2. The van der Waals surface area contributed by atoms with Crippen LogP contribution in [-0.4, -0.2) is 37.3 Å². The van der Waals surface area contributed by atoms with E-state index in [4.69, 9.17) is 0 Å². The van der Waals surface area contributed by atoms with Crippen LogP contribution in [-0.2, 0) is 11.2 Å². The van der Waals surface area contributed by atoms with Crippen molar-refractivity contribution in [1.29, 1.82) is 0 Å². The standard InChI is InChI=1S/C13H21N3O2S2/c1-4-10-14-12(20-16-10)19-8(2)7-13(3,11(17)18)15-9-5-6-9/h8-9,15H,4-7H2,1-3H3,(H,17,18). The zero-order valence-corrected chi connectivity index (χ0v) is 13.7. The second kappa shape index (κ2) is 6.41. The maximum absolute atomic E-state index is 11.5. The number of carbonyl (C=O) groups is 1. The quantitative estimate of drug-likeness (QED) is 0.718. The van der Waals surface area contributed by atoms with Crippen molar-refractivity contribution in [2.45, 2.75) is 67.6 Å². The predicted octanol–water partition coefficient (Wildman–Crippen LogP) is 2.57. The normalized spacial score (nSPS) is 19.6. The van der Waals surface area contributed by atoms with Crippen molar-refractivity contribution in [1.82, 2.24) is 14.7 Å². The molecule has 2 rings (SSSR count). The first-order valence-corrected chi connectivity index (χ1v) is 8.58. The van der Waals surface area contributed by atoms with Crippen molar-refractivity contribution in [3.8, 4) is 0 Å². The number of nitrogens with zero attached hydrogens (tertiary/aromatic N) is 2. The SMILES string of the molecule is CCc1nsc(SC(C)CC(C)(NC2CC2)C(=O)O)n1. The van der Waals surface area contributed by atoms with Crippen LogP contribution >= 0.6 is 23.3 Å². The molecule has 1 heterocycles. The van der Waals surface area contributed by atoms with E-state index in [0.29, 0.717) is 12.5 Å². The molecule has 0 spiro atoms. The van der Waals surface area contributed by atoms with Crippen LogP contribution in [0.3, 0.4) is 0 Å². The van der Waals surface area contributed by atoms with Crippen LogP contribution in [0, 0.1) is 0 Å². The lowest BCUT2D eigenvalue weighted by Crippen LogP contribution is -2.51. The number of aliphatic carboxylic acids is 1. The van der Waals surface area contributed by atoms with Gasteiger partial charge in [-0.25, -0.2) is 4.98 Å². The molecule has 1 aliphatic rings. The van der Waals surface area contributed by atoms with E-state index < -0.39 is 11.5 Å². The van der Waals surface area contributed by atoms with Gasteiger partial charge in [0.1, 0.15) is 11.4 Å². The van der Waals surface area contributed by atoms with Gasteiger partial charge >= 0.3 is 5.97 Å². The summed E-state index contributed by atoms with van der Waals surface area (Å²) in [6.45, 7) is 5.86. The Bertz CT molecular complexity index is 476. The second-order valence-corrected chi connectivity index (χ2v) is 7.96. The maximum Gasteiger partial charge on any atom is 0.323 e. The molecular formula is C13H21N3O2S2. The van der Waals surface area contributed by atoms with Gasteiger partial charge in [0.25, 0.3) is 0 Å². The summed E-state index contributed by atoms with van der Waals surface area (Å²) in [4.78, 5) is 15.9. The molecule has 2 N–H and O–H groups in total. The third-order valence-corrected chi connectivity index (χ3v) is 5.26. The Balaban J connectivity index is 1.93. The molecule has 112 valence electrons. The predicted molar refractivity (Wildman–Crippen MR) is 81.4 cm³/mol. The van der Waals surface area contributed by atoms with Gasteiger partial charge in [0.15, 0.2) is 4.34 Å². The first-order valence-electron chi connectivity index (χ1n) is 6.93. The zero-order chi connectivity index (χ0) is 14.8. The lowest BCUT2D eigenvalue weighted by atomic mass is 9.96. The molecule has 0 saturated heterocycles. The van der Waals surface area contributed by atoms with E-state index in [1.165, 1.54) is 11.5 Å². The fourth-order valence-electron chi connectivity index (χ4n) is 2.10.